The molecule has 3 N–H and O–H groups in total. The predicted molar refractivity (Wildman–Crippen MR) is 83.0 cm³/mol. The second kappa shape index (κ2) is 5.81. The van der Waals surface area contributed by atoms with E-state index in [1.165, 1.54) is 0 Å². The van der Waals surface area contributed by atoms with Gasteiger partial charge in [0.15, 0.2) is 12.1 Å². The van der Waals surface area contributed by atoms with Crippen LogP contribution in [0.15, 0.2) is 48.5 Å². The summed E-state index contributed by atoms with van der Waals surface area (Å²) in [6.45, 7) is 1.97. The van der Waals surface area contributed by atoms with Gasteiger partial charge in [-0.15, -0.1) is 4.98 Å². The highest BCUT2D eigenvalue weighted by Crippen LogP contribution is 2.14. The van der Waals surface area contributed by atoms with Crippen molar-refractivity contribution in [3.8, 4) is 0 Å². The fourth-order valence-electron chi connectivity index (χ4n) is 2.25. The second-order valence-corrected chi connectivity index (χ2v) is 5.06. The molecule has 0 radical (unpaired) electrons. The molecule has 110 valence electrons. The van der Waals surface area contributed by atoms with Crippen LogP contribution in [0.1, 0.15) is 21.7 Å². The van der Waals surface area contributed by atoms with Gasteiger partial charge in [0.1, 0.15) is 0 Å². The van der Waals surface area contributed by atoms with Crippen LogP contribution in [0.3, 0.4) is 0 Å². The molecule has 1 aromatic heterocycles. The van der Waals surface area contributed by atoms with E-state index in [-0.39, 0.29) is 12.6 Å². The number of nitrogens with zero attached hydrogens (tertiary/aromatic N) is 1. The summed E-state index contributed by atoms with van der Waals surface area (Å²) in [6, 6.07) is 14.8. The zero-order chi connectivity index (χ0) is 15.5. The van der Waals surface area contributed by atoms with E-state index in [2.05, 4.69) is 9.97 Å². The Hall–Kier alpha value is -2.95. The lowest BCUT2D eigenvalue weighted by Gasteiger charge is -2.04. The van der Waals surface area contributed by atoms with Crippen LogP contribution in [0, 0.1) is 6.92 Å². The topological polar surface area (TPSA) is 79.3 Å². The van der Waals surface area contributed by atoms with Crippen molar-refractivity contribution in [2.75, 3.05) is 5.73 Å². The molecule has 1 heterocycles. The van der Waals surface area contributed by atoms with Crippen molar-refractivity contribution in [1.82, 2.24) is 4.98 Å². The highest BCUT2D eigenvalue weighted by molar-refractivity contribution is 5.89. The largest absolute Gasteiger partial charge is 0.451 e. The fourth-order valence-corrected chi connectivity index (χ4v) is 2.25. The normalized spacial score (nSPS) is 10.6. The Balaban J connectivity index is 1.78. The number of nitrogen functional groups attached to an aromatic ring is 1. The molecule has 0 saturated heterocycles. The summed E-state index contributed by atoms with van der Waals surface area (Å²) in [6.07, 6.45) is 0. The smallest absolute Gasteiger partial charge is 0.338 e. The monoisotopic (exact) mass is 294 g/mol. The lowest BCUT2D eigenvalue weighted by atomic mass is 10.1. The Bertz CT molecular complexity index is 846. The Morgan fingerprint density at radius 3 is 2.86 bits per heavy atom. The number of rotatable bonds is 3. The molecule has 0 spiro atoms. The lowest BCUT2D eigenvalue weighted by molar-refractivity contribution is -0.381. The first-order valence-corrected chi connectivity index (χ1v) is 6.94. The van der Waals surface area contributed by atoms with Crippen molar-refractivity contribution in [2.45, 2.75) is 13.5 Å². The highest BCUT2D eigenvalue weighted by atomic mass is 16.5. The van der Waals surface area contributed by atoms with E-state index in [4.69, 9.17) is 10.5 Å². The van der Waals surface area contributed by atoms with Gasteiger partial charge in [-0.1, -0.05) is 29.8 Å². The third-order valence-electron chi connectivity index (χ3n) is 3.32. The quantitative estimate of drug-likeness (QED) is 0.752. The molecule has 5 heteroatoms. The number of para-hydroxylation sites is 1. The van der Waals surface area contributed by atoms with Crippen molar-refractivity contribution >= 4 is 22.7 Å². The van der Waals surface area contributed by atoms with Crippen molar-refractivity contribution < 1.29 is 14.5 Å². The molecule has 5 nitrogen and oxygen atoms in total. The number of hydrogen-bond acceptors (Lipinski definition) is 4. The average molecular weight is 294 g/mol. The maximum atomic E-state index is 12.0. The Kier molecular flexibility index (Phi) is 3.70. The summed E-state index contributed by atoms with van der Waals surface area (Å²) in [4.78, 5) is 19.4. The van der Waals surface area contributed by atoms with Gasteiger partial charge in [-0.3, -0.25) is 0 Å². The van der Waals surface area contributed by atoms with Crippen LogP contribution in [-0.4, -0.2) is 11.0 Å². The number of hydrogen-bond donors (Lipinski definition) is 1. The minimum absolute atomic E-state index is 0.0435. The molecule has 0 bridgehead atoms. The maximum absolute atomic E-state index is 12.0. The average Bonchev–Trinajstić information content (AvgIpc) is 2.53. The van der Waals surface area contributed by atoms with Crippen molar-refractivity contribution in [3.63, 3.8) is 0 Å². The van der Waals surface area contributed by atoms with E-state index < -0.39 is 0 Å². The van der Waals surface area contributed by atoms with Crippen molar-refractivity contribution in [2.24, 2.45) is 0 Å². The van der Waals surface area contributed by atoms with Crippen LogP contribution in [0.4, 0.5) is 5.82 Å². The van der Waals surface area contributed by atoms with E-state index in [0.29, 0.717) is 17.2 Å². The lowest BCUT2D eigenvalue weighted by Crippen LogP contribution is -2.21. The summed E-state index contributed by atoms with van der Waals surface area (Å²) >= 11 is 0. The molecule has 3 rings (SSSR count). The molecule has 0 fully saturated rings. The minimum Gasteiger partial charge on any atom is -0.451 e. The van der Waals surface area contributed by atoms with Gasteiger partial charge in [0.25, 0.3) is 5.82 Å². The number of fused-ring (bicyclic) bond motifs is 1. The van der Waals surface area contributed by atoms with E-state index >= 15 is 0 Å². The molecule has 0 atom stereocenters. The predicted octanol–water partition coefficient (Wildman–Crippen LogP) is 2.30. The van der Waals surface area contributed by atoms with Gasteiger partial charge in [-0.25, -0.2) is 9.78 Å². The summed E-state index contributed by atoms with van der Waals surface area (Å²) < 4.78 is 5.28. The molecule has 3 aromatic rings. The number of aromatic amines is 1. The van der Waals surface area contributed by atoms with E-state index in [0.717, 1.165) is 16.5 Å². The molecule has 0 saturated carbocycles. The molecular formula is C17H16N3O2+. The standard InChI is InChI=1S/C17H15N3O2/c1-11-5-4-6-12(9-11)17(21)22-10-15-19-14-8-3-2-7-13(14)16(18)20-15/h2-9H,10H2,1H3,(H2,18,19,20)/p+1. The number of benzene rings is 2. The van der Waals surface area contributed by atoms with Crippen LogP contribution >= 0.6 is 0 Å². The third kappa shape index (κ3) is 2.88. The van der Waals surface area contributed by atoms with Crippen molar-refractivity contribution in [1.29, 1.82) is 0 Å². The van der Waals surface area contributed by atoms with Gasteiger partial charge in [0, 0.05) is 0 Å². The second-order valence-electron chi connectivity index (χ2n) is 5.06. The van der Waals surface area contributed by atoms with Crippen LogP contribution in [0.25, 0.3) is 10.9 Å². The molecule has 22 heavy (non-hydrogen) atoms. The SMILES string of the molecule is Cc1cccc(C(=O)OCc2nc3ccccc3c(N)[nH+]2)c1. The third-order valence-corrected chi connectivity index (χ3v) is 3.32. The van der Waals surface area contributed by atoms with Gasteiger partial charge in [-0.05, 0) is 31.2 Å². The van der Waals surface area contributed by atoms with Crippen LogP contribution in [0.5, 0.6) is 0 Å². The number of carbonyl (C=O) groups excluding carboxylic acids is 1. The molecule has 0 aliphatic rings. The molecule has 0 aliphatic heterocycles. The first-order chi connectivity index (χ1) is 10.6. The molecular weight excluding hydrogens is 278 g/mol. The first kappa shape index (κ1) is 14.0. The first-order valence-electron chi connectivity index (χ1n) is 6.94. The van der Waals surface area contributed by atoms with Crippen LogP contribution < -0.4 is 10.7 Å². The van der Waals surface area contributed by atoms with Gasteiger partial charge in [0.05, 0.1) is 10.9 Å². The van der Waals surface area contributed by atoms with Crippen LogP contribution in [-0.2, 0) is 11.3 Å². The van der Waals surface area contributed by atoms with Crippen molar-refractivity contribution in [3.05, 3.63) is 65.5 Å². The van der Waals surface area contributed by atoms with Gasteiger partial charge in [-0.2, -0.15) is 0 Å². The van der Waals surface area contributed by atoms with Gasteiger partial charge >= 0.3 is 5.97 Å². The minimum atomic E-state index is -0.384. The zero-order valence-electron chi connectivity index (χ0n) is 12.2. The number of esters is 1. The summed E-state index contributed by atoms with van der Waals surface area (Å²) in [5, 5.41) is 0.844. The number of anilines is 1. The Morgan fingerprint density at radius 1 is 1.23 bits per heavy atom. The number of carbonyl (C=O) groups is 1. The van der Waals surface area contributed by atoms with Gasteiger partial charge < -0.3 is 10.5 Å². The maximum Gasteiger partial charge on any atom is 0.338 e. The summed E-state index contributed by atoms with van der Waals surface area (Å²) in [5.74, 6) is 0.634. The fraction of sp³-hybridized carbons (Fsp3) is 0.118. The van der Waals surface area contributed by atoms with E-state index in [1.807, 2.05) is 43.3 Å². The molecule has 0 amide bonds. The Morgan fingerprint density at radius 2 is 2.05 bits per heavy atom. The van der Waals surface area contributed by atoms with Gasteiger partial charge in [0.2, 0.25) is 5.82 Å². The summed E-state index contributed by atoms with van der Waals surface area (Å²) in [7, 11) is 0. The molecule has 0 unspecified atom stereocenters. The number of aryl methyl sites for hydroxylation is 1. The highest BCUT2D eigenvalue weighted by Gasteiger charge is 2.13. The molecule has 2 aromatic carbocycles. The Labute approximate surface area is 127 Å². The van der Waals surface area contributed by atoms with E-state index in [9.17, 15) is 4.79 Å². The number of aromatic nitrogens is 2. The number of H-pyrrole nitrogens is 1. The number of nitrogens with two attached hydrogens (primary N) is 1. The number of nitrogens with one attached hydrogen (secondary N) is 1. The summed E-state index contributed by atoms with van der Waals surface area (Å²) in [5.41, 5.74) is 8.25. The number of ether oxygens (including phenoxy) is 1. The van der Waals surface area contributed by atoms with E-state index in [1.54, 1.807) is 12.1 Å². The molecule has 0 aliphatic carbocycles. The van der Waals surface area contributed by atoms with Crippen LogP contribution in [0.2, 0.25) is 0 Å². The zero-order valence-corrected chi connectivity index (χ0v) is 12.2.